The van der Waals surface area contributed by atoms with Crippen LogP contribution >= 0.6 is 0 Å². The number of hydrogen-bond donors (Lipinski definition) is 2. The van der Waals surface area contributed by atoms with Crippen LogP contribution in [0.4, 0.5) is 0 Å². The van der Waals surface area contributed by atoms with Gasteiger partial charge in [-0.3, -0.25) is 9.89 Å². The topological polar surface area (TPSA) is 66.0 Å². The monoisotopic (exact) mass is 180 g/mol. The average Bonchev–Trinajstić information content (AvgIpc) is 2.76. The number of aryl methyl sites for hydroxylation is 1. The zero-order valence-corrected chi connectivity index (χ0v) is 7.45. The van der Waals surface area contributed by atoms with E-state index in [1.165, 1.54) is 0 Å². The van der Waals surface area contributed by atoms with Crippen molar-refractivity contribution in [1.29, 1.82) is 0 Å². The molecule has 0 amide bonds. The van der Waals surface area contributed by atoms with E-state index in [9.17, 15) is 4.79 Å². The predicted octanol–water partition coefficient (Wildman–Crippen LogP) is 1.30. The first-order valence-electron chi connectivity index (χ1n) is 4.43. The SMILES string of the molecule is Cc1cc(C(C(=O)O)C2CC2)n[nH]1. The lowest BCUT2D eigenvalue weighted by atomic mass is 10.00. The molecule has 1 atom stereocenters. The second kappa shape index (κ2) is 2.87. The van der Waals surface area contributed by atoms with E-state index in [-0.39, 0.29) is 0 Å². The number of aromatic amines is 1. The Kier molecular flexibility index (Phi) is 1.83. The molecule has 1 aromatic rings. The molecule has 1 heterocycles. The zero-order chi connectivity index (χ0) is 9.42. The molecule has 70 valence electrons. The van der Waals surface area contributed by atoms with Crippen molar-refractivity contribution in [1.82, 2.24) is 10.2 Å². The third-order valence-electron chi connectivity index (χ3n) is 2.40. The summed E-state index contributed by atoms with van der Waals surface area (Å²) in [5, 5.41) is 15.8. The van der Waals surface area contributed by atoms with Gasteiger partial charge in [0.25, 0.3) is 0 Å². The van der Waals surface area contributed by atoms with Crippen LogP contribution in [0.15, 0.2) is 6.07 Å². The molecule has 4 nitrogen and oxygen atoms in total. The molecule has 1 unspecified atom stereocenters. The minimum Gasteiger partial charge on any atom is -0.481 e. The fourth-order valence-electron chi connectivity index (χ4n) is 1.60. The van der Waals surface area contributed by atoms with Crippen LogP contribution in [-0.2, 0) is 4.79 Å². The normalized spacial score (nSPS) is 18.5. The molecule has 0 aliphatic heterocycles. The first kappa shape index (κ1) is 8.29. The number of carboxylic acid groups (broad SMARTS) is 1. The summed E-state index contributed by atoms with van der Waals surface area (Å²) in [5.74, 6) is -0.848. The van der Waals surface area contributed by atoms with Crippen molar-refractivity contribution in [3.05, 3.63) is 17.5 Å². The molecular weight excluding hydrogens is 168 g/mol. The molecule has 1 aliphatic carbocycles. The molecule has 2 rings (SSSR count). The number of carbonyl (C=O) groups is 1. The van der Waals surface area contributed by atoms with Gasteiger partial charge in [0.2, 0.25) is 0 Å². The summed E-state index contributed by atoms with van der Waals surface area (Å²) in [6.07, 6.45) is 2.03. The molecule has 0 saturated heterocycles. The van der Waals surface area contributed by atoms with E-state index >= 15 is 0 Å². The summed E-state index contributed by atoms with van der Waals surface area (Å²) in [5.41, 5.74) is 1.59. The Bertz CT molecular complexity index is 328. The van der Waals surface area contributed by atoms with Gasteiger partial charge >= 0.3 is 5.97 Å². The molecule has 0 spiro atoms. The molecule has 0 aromatic carbocycles. The van der Waals surface area contributed by atoms with Gasteiger partial charge in [0.05, 0.1) is 5.69 Å². The lowest BCUT2D eigenvalue weighted by molar-refractivity contribution is -0.139. The molecule has 1 aromatic heterocycles. The Morgan fingerprint density at radius 1 is 1.77 bits per heavy atom. The van der Waals surface area contributed by atoms with Gasteiger partial charge in [0.15, 0.2) is 0 Å². The first-order chi connectivity index (χ1) is 6.18. The van der Waals surface area contributed by atoms with Gasteiger partial charge in [-0.25, -0.2) is 0 Å². The lowest BCUT2D eigenvalue weighted by Gasteiger charge is -2.06. The Morgan fingerprint density at radius 2 is 2.46 bits per heavy atom. The standard InChI is InChI=1S/C9H12N2O2/c1-5-4-7(11-10-5)8(9(12)13)6-2-3-6/h4,6,8H,2-3H2,1H3,(H,10,11)(H,12,13). The fraction of sp³-hybridized carbons (Fsp3) is 0.556. The predicted molar refractivity (Wildman–Crippen MR) is 46.4 cm³/mol. The summed E-state index contributed by atoms with van der Waals surface area (Å²) in [6.45, 7) is 1.88. The number of carboxylic acids is 1. The van der Waals surface area contributed by atoms with Crippen LogP contribution in [0.1, 0.15) is 30.1 Å². The van der Waals surface area contributed by atoms with Crippen LogP contribution in [0.25, 0.3) is 0 Å². The highest BCUT2D eigenvalue weighted by Crippen LogP contribution is 2.42. The summed E-state index contributed by atoms with van der Waals surface area (Å²) >= 11 is 0. The minimum atomic E-state index is -0.756. The van der Waals surface area contributed by atoms with Crippen LogP contribution in [0.2, 0.25) is 0 Å². The van der Waals surface area contributed by atoms with Crippen molar-refractivity contribution < 1.29 is 9.90 Å². The Labute approximate surface area is 76.0 Å². The van der Waals surface area contributed by atoms with Crippen molar-refractivity contribution in [3.8, 4) is 0 Å². The molecular formula is C9H12N2O2. The maximum absolute atomic E-state index is 10.9. The van der Waals surface area contributed by atoms with Gasteiger partial charge in [0, 0.05) is 5.69 Å². The van der Waals surface area contributed by atoms with Crippen molar-refractivity contribution in [3.63, 3.8) is 0 Å². The fourth-order valence-corrected chi connectivity index (χ4v) is 1.60. The second-order valence-corrected chi connectivity index (χ2v) is 3.63. The summed E-state index contributed by atoms with van der Waals surface area (Å²) in [6, 6.07) is 1.82. The Morgan fingerprint density at radius 3 is 2.85 bits per heavy atom. The highest BCUT2D eigenvalue weighted by atomic mass is 16.4. The van der Waals surface area contributed by atoms with E-state index in [1.54, 1.807) is 0 Å². The van der Waals surface area contributed by atoms with Crippen LogP contribution in [0.5, 0.6) is 0 Å². The van der Waals surface area contributed by atoms with Gasteiger partial charge < -0.3 is 5.11 Å². The first-order valence-corrected chi connectivity index (χ1v) is 4.43. The van der Waals surface area contributed by atoms with E-state index in [1.807, 2.05) is 13.0 Å². The lowest BCUT2D eigenvalue weighted by Crippen LogP contribution is -2.13. The molecule has 4 heteroatoms. The van der Waals surface area contributed by atoms with E-state index in [0.29, 0.717) is 11.6 Å². The highest BCUT2D eigenvalue weighted by Gasteiger charge is 2.38. The quantitative estimate of drug-likeness (QED) is 0.736. The minimum absolute atomic E-state index is 0.306. The number of H-pyrrole nitrogens is 1. The third kappa shape index (κ3) is 1.56. The van der Waals surface area contributed by atoms with Crippen molar-refractivity contribution in [2.24, 2.45) is 5.92 Å². The van der Waals surface area contributed by atoms with Gasteiger partial charge in [-0.2, -0.15) is 5.10 Å². The van der Waals surface area contributed by atoms with Gasteiger partial charge in [-0.05, 0) is 31.7 Å². The average molecular weight is 180 g/mol. The molecule has 0 bridgehead atoms. The Balaban J connectivity index is 2.24. The number of nitrogens with zero attached hydrogens (tertiary/aromatic N) is 1. The maximum atomic E-state index is 10.9. The van der Waals surface area contributed by atoms with Crippen molar-refractivity contribution >= 4 is 5.97 Å². The van der Waals surface area contributed by atoms with Crippen LogP contribution < -0.4 is 0 Å². The molecule has 1 fully saturated rings. The number of nitrogens with one attached hydrogen (secondary N) is 1. The third-order valence-corrected chi connectivity index (χ3v) is 2.40. The largest absolute Gasteiger partial charge is 0.481 e. The molecule has 13 heavy (non-hydrogen) atoms. The molecule has 1 aliphatic rings. The second-order valence-electron chi connectivity index (χ2n) is 3.63. The summed E-state index contributed by atoms with van der Waals surface area (Å²) < 4.78 is 0. The maximum Gasteiger partial charge on any atom is 0.312 e. The van der Waals surface area contributed by atoms with Crippen LogP contribution in [0, 0.1) is 12.8 Å². The van der Waals surface area contributed by atoms with E-state index in [0.717, 1.165) is 18.5 Å². The van der Waals surface area contributed by atoms with Gasteiger partial charge in [-0.15, -0.1) is 0 Å². The number of aromatic nitrogens is 2. The van der Waals surface area contributed by atoms with E-state index < -0.39 is 11.9 Å². The van der Waals surface area contributed by atoms with Crippen molar-refractivity contribution in [2.75, 3.05) is 0 Å². The zero-order valence-electron chi connectivity index (χ0n) is 7.45. The van der Waals surface area contributed by atoms with Gasteiger partial charge in [-0.1, -0.05) is 0 Å². The smallest absolute Gasteiger partial charge is 0.312 e. The van der Waals surface area contributed by atoms with Crippen LogP contribution in [0.3, 0.4) is 0 Å². The number of rotatable bonds is 3. The summed E-state index contributed by atoms with van der Waals surface area (Å²) in [4.78, 5) is 10.9. The van der Waals surface area contributed by atoms with Crippen LogP contribution in [-0.4, -0.2) is 21.3 Å². The van der Waals surface area contributed by atoms with Gasteiger partial charge in [0.1, 0.15) is 5.92 Å². The molecule has 0 radical (unpaired) electrons. The Hall–Kier alpha value is -1.32. The van der Waals surface area contributed by atoms with Crippen molar-refractivity contribution in [2.45, 2.75) is 25.7 Å². The number of aliphatic carboxylic acids is 1. The highest BCUT2D eigenvalue weighted by molar-refractivity contribution is 5.76. The molecule has 1 saturated carbocycles. The van der Waals surface area contributed by atoms with E-state index in [4.69, 9.17) is 5.11 Å². The number of hydrogen-bond acceptors (Lipinski definition) is 2. The van der Waals surface area contributed by atoms with E-state index in [2.05, 4.69) is 10.2 Å². The molecule has 2 N–H and O–H groups in total. The summed E-state index contributed by atoms with van der Waals surface area (Å²) in [7, 11) is 0.